The highest BCUT2D eigenvalue weighted by Crippen LogP contribution is 2.60. The Labute approximate surface area is 382 Å². The summed E-state index contributed by atoms with van der Waals surface area (Å²) in [7, 11) is 0. The number of para-hydroxylation sites is 1. The Morgan fingerprint density at radius 3 is 1.26 bits per heavy atom. The van der Waals surface area contributed by atoms with E-state index in [0.29, 0.717) is 0 Å². The molecule has 308 valence electrons. The van der Waals surface area contributed by atoms with Crippen molar-refractivity contribution in [3.8, 4) is 33.4 Å². The van der Waals surface area contributed by atoms with Gasteiger partial charge in [-0.3, -0.25) is 0 Å². The fourth-order valence-electron chi connectivity index (χ4n) is 11.3. The first kappa shape index (κ1) is 38.7. The van der Waals surface area contributed by atoms with Gasteiger partial charge in [0.1, 0.15) is 0 Å². The summed E-state index contributed by atoms with van der Waals surface area (Å²) in [5.41, 5.74) is 22.4. The van der Waals surface area contributed by atoms with Gasteiger partial charge in [0.15, 0.2) is 0 Å². The lowest BCUT2D eigenvalue weighted by Crippen LogP contribution is -2.29. The van der Waals surface area contributed by atoms with Crippen LogP contribution in [0.2, 0.25) is 0 Å². The fraction of sp³-hybridized carbons (Fsp3) is 0.0625. The molecule has 12 rings (SSSR count). The molecule has 0 amide bonds. The third-order valence-corrected chi connectivity index (χ3v) is 14.2. The molecule has 0 saturated heterocycles. The van der Waals surface area contributed by atoms with Crippen LogP contribution in [0.5, 0.6) is 0 Å². The largest absolute Gasteiger partial charge is 0.310 e. The lowest BCUT2D eigenvalue weighted by Gasteiger charge is -2.35. The van der Waals surface area contributed by atoms with Gasteiger partial charge in [0.25, 0.3) is 0 Å². The van der Waals surface area contributed by atoms with E-state index in [9.17, 15) is 0 Å². The average molecular weight is 830 g/mol. The fourth-order valence-corrected chi connectivity index (χ4v) is 11.3. The predicted octanol–water partition coefficient (Wildman–Crippen LogP) is 16.2. The van der Waals surface area contributed by atoms with E-state index in [1.165, 1.54) is 89.0 Å². The molecule has 0 spiro atoms. The van der Waals surface area contributed by atoms with Gasteiger partial charge < -0.3 is 4.90 Å². The Morgan fingerprint density at radius 2 is 0.677 bits per heavy atom. The lowest BCUT2D eigenvalue weighted by atomic mass is 9.67. The molecule has 0 N–H and O–H groups in total. The van der Waals surface area contributed by atoms with Crippen molar-refractivity contribution in [1.82, 2.24) is 0 Å². The van der Waals surface area contributed by atoms with E-state index in [4.69, 9.17) is 0 Å². The van der Waals surface area contributed by atoms with E-state index in [-0.39, 0.29) is 0 Å². The summed E-state index contributed by atoms with van der Waals surface area (Å²) >= 11 is 0. The molecule has 1 heteroatoms. The van der Waals surface area contributed by atoms with Crippen molar-refractivity contribution in [2.45, 2.75) is 24.7 Å². The summed E-state index contributed by atoms with van der Waals surface area (Å²) in [4.78, 5) is 2.51. The molecule has 0 bridgehead atoms. The Hall–Kier alpha value is -8.00. The number of hydrogen-bond acceptors (Lipinski definition) is 1. The second kappa shape index (κ2) is 15.4. The Balaban J connectivity index is 1.14. The van der Waals surface area contributed by atoms with Gasteiger partial charge >= 0.3 is 0 Å². The van der Waals surface area contributed by atoms with Crippen molar-refractivity contribution in [3.05, 3.63) is 304 Å². The van der Waals surface area contributed by atoms with Gasteiger partial charge in [-0.25, -0.2) is 0 Å². The average Bonchev–Trinajstić information content (AvgIpc) is 3.83. The monoisotopic (exact) mass is 829 g/mol. The molecule has 0 saturated carbocycles. The number of fused-ring (bicyclic) bond motifs is 6. The van der Waals surface area contributed by atoms with Gasteiger partial charge in [-0.15, -0.1) is 0 Å². The van der Waals surface area contributed by atoms with Gasteiger partial charge in [-0.1, -0.05) is 230 Å². The molecule has 0 radical (unpaired) electrons. The maximum atomic E-state index is 2.51. The van der Waals surface area contributed by atoms with Crippen LogP contribution in [0, 0.1) is 13.8 Å². The van der Waals surface area contributed by atoms with Crippen LogP contribution >= 0.6 is 0 Å². The first-order valence-electron chi connectivity index (χ1n) is 22.8. The molecular formula is C64H47N. The molecule has 1 nitrogen and oxygen atoms in total. The van der Waals surface area contributed by atoms with Gasteiger partial charge in [0, 0.05) is 16.9 Å². The van der Waals surface area contributed by atoms with Crippen LogP contribution < -0.4 is 4.90 Å². The highest BCUT2D eigenvalue weighted by Gasteiger charge is 2.48. The predicted molar refractivity (Wildman–Crippen MR) is 271 cm³/mol. The summed E-state index contributed by atoms with van der Waals surface area (Å²) in [6, 6.07) is 92.9. The van der Waals surface area contributed by atoms with E-state index < -0.39 is 10.8 Å². The van der Waals surface area contributed by atoms with Crippen LogP contribution in [-0.2, 0) is 10.8 Å². The molecule has 2 atom stereocenters. The van der Waals surface area contributed by atoms with Crippen LogP contribution in [0.15, 0.2) is 249 Å². The summed E-state index contributed by atoms with van der Waals surface area (Å²) in [5.74, 6) is 0. The molecule has 65 heavy (non-hydrogen) atoms. The van der Waals surface area contributed by atoms with Gasteiger partial charge in [-0.05, 0) is 117 Å². The molecule has 2 aliphatic carbocycles. The molecule has 0 aliphatic heterocycles. The van der Waals surface area contributed by atoms with Gasteiger partial charge in [0.2, 0.25) is 0 Å². The summed E-state index contributed by atoms with van der Waals surface area (Å²) < 4.78 is 0. The van der Waals surface area contributed by atoms with E-state index in [0.717, 1.165) is 17.1 Å². The van der Waals surface area contributed by atoms with Gasteiger partial charge in [-0.2, -0.15) is 0 Å². The van der Waals surface area contributed by atoms with Crippen LogP contribution in [0.25, 0.3) is 33.4 Å². The van der Waals surface area contributed by atoms with E-state index in [1.807, 2.05) is 0 Å². The molecule has 0 aromatic heterocycles. The SMILES string of the molecule is Cc1ccc(C2(c3ccccc3)c3ccccc3-c3cc(N(c4ccc5c(c4)C(c4ccccc4)(c4ccc(C)cc4)c4ccccc4-5)c4ccccc4-c4ccccc4)ccc32)cc1. The van der Waals surface area contributed by atoms with Gasteiger partial charge in [0.05, 0.1) is 16.5 Å². The smallest absolute Gasteiger partial charge is 0.0714 e. The van der Waals surface area contributed by atoms with Crippen molar-refractivity contribution >= 4 is 17.1 Å². The lowest BCUT2D eigenvalue weighted by molar-refractivity contribution is 0.767. The minimum atomic E-state index is -0.540. The standard InChI is InChI=1S/C64H47N/c1-44-30-34-49(35-31-44)63(47-20-8-4-9-21-47)59-28-16-13-26-55(59)57-42-51(39-41-60(57)63)65(62-29-17-14-24-53(62)46-18-6-3-7-19-46)52-38-40-56-54-25-12-15-27-58(54)64(61(56)43-52,48-22-10-5-11-23-48)50-36-32-45(2)33-37-50/h3-43H,1-2H3. The third-order valence-electron chi connectivity index (χ3n) is 14.2. The minimum absolute atomic E-state index is 0.491. The van der Waals surface area contributed by atoms with Crippen LogP contribution in [-0.4, -0.2) is 0 Å². The van der Waals surface area contributed by atoms with Crippen molar-refractivity contribution in [3.63, 3.8) is 0 Å². The Kier molecular flexibility index (Phi) is 9.14. The number of rotatable bonds is 8. The second-order valence-electron chi connectivity index (χ2n) is 17.7. The molecule has 10 aromatic carbocycles. The van der Waals surface area contributed by atoms with E-state index in [1.54, 1.807) is 0 Å². The second-order valence-corrected chi connectivity index (χ2v) is 17.7. The minimum Gasteiger partial charge on any atom is -0.310 e. The zero-order valence-corrected chi connectivity index (χ0v) is 36.6. The van der Waals surface area contributed by atoms with Crippen molar-refractivity contribution in [1.29, 1.82) is 0 Å². The summed E-state index contributed by atoms with van der Waals surface area (Å²) in [5, 5.41) is 0. The maximum absolute atomic E-state index is 2.51. The first-order valence-corrected chi connectivity index (χ1v) is 22.8. The highest BCUT2D eigenvalue weighted by molar-refractivity contribution is 5.95. The zero-order valence-electron chi connectivity index (χ0n) is 36.6. The molecule has 0 heterocycles. The topological polar surface area (TPSA) is 3.24 Å². The zero-order chi connectivity index (χ0) is 43.5. The molecule has 10 aromatic rings. The van der Waals surface area contributed by atoms with E-state index in [2.05, 4.69) is 267 Å². The Morgan fingerprint density at radius 1 is 0.277 bits per heavy atom. The third kappa shape index (κ3) is 5.86. The normalized spacial score (nSPS) is 16.6. The molecular weight excluding hydrogens is 783 g/mol. The molecule has 2 aliphatic rings. The van der Waals surface area contributed by atoms with Crippen LogP contribution in [0.1, 0.15) is 55.6 Å². The number of nitrogens with zero attached hydrogens (tertiary/aromatic N) is 1. The van der Waals surface area contributed by atoms with Crippen molar-refractivity contribution < 1.29 is 0 Å². The summed E-state index contributed by atoms with van der Waals surface area (Å²) in [6.45, 7) is 4.35. The van der Waals surface area contributed by atoms with Crippen LogP contribution in [0.4, 0.5) is 17.1 Å². The summed E-state index contributed by atoms with van der Waals surface area (Å²) in [6.07, 6.45) is 0. The molecule has 0 fully saturated rings. The number of hydrogen-bond donors (Lipinski definition) is 0. The van der Waals surface area contributed by atoms with Crippen molar-refractivity contribution in [2.75, 3.05) is 4.90 Å². The number of benzene rings is 10. The number of anilines is 3. The maximum Gasteiger partial charge on any atom is 0.0714 e. The van der Waals surface area contributed by atoms with E-state index >= 15 is 0 Å². The highest BCUT2D eigenvalue weighted by atomic mass is 15.1. The Bertz CT molecular complexity index is 3370. The van der Waals surface area contributed by atoms with Crippen LogP contribution in [0.3, 0.4) is 0 Å². The van der Waals surface area contributed by atoms with Crippen molar-refractivity contribution in [2.24, 2.45) is 0 Å². The number of aryl methyl sites for hydroxylation is 2. The quantitative estimate of drug-likeness (QED) is 0.147. The molecule has 2 unspecified atom stereocenters. The first-order chi connectivity index (χ1) is 32.1.